The van der Waals surface area contributed by atoms with E-state index < -0.39 is 23.7 Å². The van der Waals surface area contributed by atoms with Crippen LogP contribution in [0.1, 0.15) is 11.3 Å². The van der Waals surface area contributed by atoms with Crippen LogP contribution in [0.3, 0.4) is 0 Å². The number of urea groups is 1. The monoisotopic (exact) mass is 407 g/mol. The number of amides is 4. The van der Waals surface area contributed by atoms with Gasteiger partial charge in [0.25, 0.3) is 11.8 Å². The molecule has 1 aliphatic rings. The highest BCUT2D eigenvalue weighted by atomic mass is 19.1. The molecule has 30 heavy (non-hydrogen) atoms. The first-order chi connectivity index (χ1) is 14.4. The first-order valence-electron chi connectivity index (χ1n) is 8.99. The zero-order valence-electron chi connectivity index (χ0n) is 15.5. The summed E-state index contributed by atoms with van der Waals surface area (Å²) in [6.07, 6.45) is 3.02. The first-order valence-corrected chi connectivity index (χ1v) is 8.99. The molecule has 1 N–H and O–H groups in total. The molecule has 0 saturated carbocycles. The van der Waals surface area contributed by atoms with Crippen LogP contribution in [-0.2, 0) is 16.1 Å². The summed E-state index contributed by atoms with van der Waals surface area (Å²) in [6, 6.07) is 13.5. The van der Waals surface area contributed by atoms with E-state index in [0.717, 1.165) is 17.0 Å². The number of rotatable bonds is 4. The predicted octanol–water partition coefficient (Wildman–Crippen LogP) is 3.48. The summed E-state index contributed by atoms with van der Waals surface area (Å²) in [5.41, 5.74) is 0.771. The lowest BCUT2D eigenvalue weighted by atomic mass is 10.1. The van der Waals surface area contributed by atoms with E-state index in [1.807, 2.05) is 0 Å². The maximum Gasteiger partial charge on any atom is 0.335 e. The minimum absolute atomic E-state index is 0.124. The molecule has 4 rings (SSSR count). The zero-order valence-corrected chi connectivity index (χ0v) is 15.5. The molecule has 3 aromatic rings. The maximum absolute atomic E-state index is 14.0. The summed E-state index contributed by atoms with van der Waals surface area (Å²) in [4.78, 5) is 38.2. The van der Waals surface area contributed by atoms with Crippen molar-refractivity contribution in [2.45, 2.75) is 6.54 Å². The molecule has 6 nitrogen and oxygen atoms in total. The number of anilines is 1. The van der Waals surface area contributed by atoms with Crippen LogP contribution in [0.4, 0.5) is 19.3 Å². The van der Waals surface area contributed by atoms with Gasteiger partial charge in [0.1, 0.15) is 17.2 Å². The Hall–Kier alpha value is -4.07. The van der Waals surface area contributed by atoms with Gasteiger partial charge >= 0.3 is 6.03 Å². The van der Waals surface area contributed by atoms with Crippen molar-refractivity contribution in [1.29, 1.82) is 0 Å². The Bertz CT molecular complexity index is 1180. The molecule has 2 heterocycles. The van der Waals surface area contributed by atoms with Crippen molar-refractivity contribution in [3.8, 4) is 0 Å². The summed E-state index contributed by atoms with van der Waals surface area (Å²) in [7, 11) is 0. The van der Waals surface area contributed by atoms with E-state index in [0.29, 0.717) is 11.3 Å². The molecular formula is C22H15F2N3O3. The van der Waals surface area contributed by atoms with E-state index in [2.05, 4.69) is 5.32 Å². The van der Waals surface area contributed by atoms with Gasteiger partial charge in [-0.2, -0.15) is 0 Å². The van der Waals surface area contributed by atoms with Crippen LogP contribution in [0.15, 0.2) is 72.4 Å². The van der Waals surface area contributed by atoms with Gasteiger partial charge in [0.2, 0.25) is 0 Å². The van der Waals surface area contributed by atoms with Gasteiger partial charge in [-0.3, -0.25) is 14.9 Å². The molecule has 2 aromatic carbocycles. The van der Waals surface area contributed by atoms with E-state index >= 15 is 0 Å². The van der Waals surface area contributed by atoms with E-state index in [4.69, 9.17) is 0 Å². The number of carbonyl (C=O) groups excluding carboxylic acids is 3. The fourth-order valence-corrected chi connectivity index (χ4v) is 3.14. The van der Waals surface area contributed by atoms with Crippen molar-refractivity contribution in [2.75, 3.05) is 4.90 Å². The smallest absolute Gasteiger partial charge is 0.335 e. The van der Waals surface area contributed by atoms with Crippen molar-refractivity contribution in [1.82, 2.24) is 9.88 Å². The highest BCUT2D eigenvalue weighted by Crippen LogP contribution is 2.22. The number of hydrogen-bond acceptors (Lipinski definition) is 3. The Kier molecular flexibility index (Phi) is 4.97. The molecule has 1 fully saturated rings. The summed E-state index contributed by atoms with van der Waals surface area (Å²) in [5, 5.41) is 2.11. The molecule has 1 aromatic heterocycles. The second kappa shape index (κ2) is 7.75. The largest absolute Gasteiger partial charge is 0.343 e. The Morgan fingerprint density at radius 1 is 0.900 bits per heavy atom. The van der Waals surface area contributed by atoms with E-state index in [1.54, 1.807) is 41.1 Å². The maximum atomic E-state index is 14.0. The minimum atomic E-state index is -0.921. The van der Waals surface area contributed by atoms with E-state index in [-0.39, 0.29) is 23.6 Å². The highest BCUT2D eigenvalue weighted by molar-refractivity contribution is 6.39. The van der Waals surface area contributed by atoms with Crippen molar-refractivity contribution in [3.05, 3.63) is 95.3 Å². The molecule has 1 aliphatic heterocycles. The lowest BCUT2D eigenvalue weighted by Gasteiger charge is -2.26. The second-order valence-corrected chi connectivity index (χ2v) is 6.59. The van der Waals surface area contributed by atoms with Gasteiger partial charge < -0.3 is 4.57 Å². The Morgan fingerprint density at radius 2 is 1.63 bits per heavy atom. The first kappa shape index (κ1) is 19.3. The minimum Gasteiger partial charge on any atom is -0.343 e. The van der Waals surface area contributed by atoms with E-state index in [1.165, 1.54) is 24.3 Å². The third-order valence-corrected chi connectivity index (χ3v) is 4.64. The molecule has 150 valence electrons. The lowest BCUT2D eigenvalue weighted by molar-refractivity contribution is -0.122. The van der Waals surface area contributed by atoms with Crippen LogP contribution in [-0.4, -0.2) is 22.4 Å². The van der Waals surface area contributed by atoms with Crippen LogP contribution in [0.2, 0.25) is 0 Å². The standard InChI is InChI=1S/C22H15F2N3O3/c23-15-7-9-16(10-8-15)27-21(29)18(20(28)25-22(27)30)12-17-5-3-11-26(17)13-14-4-1-2-6-19(14)24/h1-12H,13H2,(H,25,28,30)/b18-12-. The van der Waals surface area contributed by atoms with Crippen LogP contribution in [0.25, 0.3) is 6.08 Å². The van der Waals surface area contributed by atoms with E-state index in [9.17, 15) is 23.2 Å². The van der Waals surface area contributed by atoms with Gasteiger partial charge in [-0.05, 0) is 48.5 Å². The van der Waals surface area contributed by atoms with Crippen LogP contribution in [0, 0.1) is 11.6 Å². The predicted molar refractivity (Wildman–Crippen MR) is 105 cm³/mol. The van der Waals surface area contributed by atoms with Crippen molar-refractivity contribution in [2.24, 2.45) is 0 Å². The Balaban J connectivity index is 1.68. The summed E-state index contributed by atoms with van der Waals surface area (Å²) in [5.74, 6) is -2.58. The molecule has 1 saturated heterocycles. The third-order valence-electron chi connectivity index (χ3n) is 4.64. The SMILES string of the molecule is O=C1NC(=O)N(c2ccc(F)cc2)C(=O)/C1=C\c1cccn1Cc1ccccc1F. The molecule has 0 atom stereocenters. The number of nitrogens with zero attached hydrogens (tertiary/aromatic N) is 2. The van der Waals surface area contributed by atoms with Crippen LogP contribution < -0.4 is 10.2 Å². The van der Waals surface area contributed by atoms with Crippen molar-refractivity contribution < 1.29 is 23.2 Å². The van der Waals surface area contributed by atoms with Gasteiger partial charge in [0, 0.05) is 17.5 Å². The zero-order chi connectivity index (χ0) is 21.3. The summed E-state index contributed by atoms with van der Waals surface area (Å²) >= 11 is 0. The Morgan fingerprint density at radius 3 is 2.37 bits per heavy atom. The summed E-state index contributed by atoms with van der Waals surface area (Å²) < 4.78 is 28.9. The molecule has 0 radical (unpaired) electrons. The average Bonchev–Trinajstić information content (AvgIpc) is 3.15. The molecular weight excluding hydrogens is 392 g/mol. The number of benzene rings is 2. The van der Waals surface area contributed by atoms with Gasteiger partial charge in [0.15, 0.2) is 0 Å². The number of nitrogens with one attached hydrogen (secondary N) is 1. The summed E-state index contributed by atoms with van der Waals surface area (Å²) in [6.45, 7) is 0.190. The topological polar surface area (TPSA) is 71.4 Å². The average molecular weight is 407 g/mol. The van der Waals surface area contributed by atoms with Crippen LogP contribution >= 0.6 is 0 Å². The van der Waals surface area contributed by atoms with Gasteiger partial charge in [0.05, 0.1) is 12.2 Å². The molecule has 0 spiro atoms. The number of imide groups is 2. The third kappa shape index (κ3) is 3.62. The van der Waals surface area contributed by atoms with Crippen molar-refractivity contribution in [3.63, 3.8) is 0 Å². The van der Waals surface area contributed by atoms with Gasteiger partial charge in [-0.1, -0.05) is 18.2 Å². The van der Waals surface area contributed by atoms with Gasteiger partial charge in [-0.25, -0.2) is 18.5 Å². The fourth-order valence-electron chi connectivity index (χ4n) is 3.14. The molecule has 4 amide bonds. The van der Waals surface area contributed by atoms with Gasteiger partial charge in [-0.15, -0.1) is 0 Å². The number of barbiturate groups is 1. The number of hydrogen-bond donors (Lipinski definition) is 1. The highest BCUT2D eigenvalue weighted by Gasteiger charge is 2.37. The van der Waals surface area contributed by atoms with Crippen molar-refractivity contribution >= 4 is 29.6 Å². The lowest BCUT2D eigenvalue weighted by Crippen LogP contribution is -2.54. The Labute approximate surface area is 170 Å². The molecule has 8 heteroatoms. The van der Waals surface area contributed by atoms with Crippen LogP contribution in [0.5, 0.6) is 0 Å². The molecule has 0 unspecified atom stereocenters. The molecule has 0 bridgehead atoms. The number of carbonyl (C=O) groups is 3. The normalized spacial score (nSPS) is 15.6. The second-order valence-electron chi connectivity index (χ2n) is 6.59. The molecule has 0 aliphatic carbocycles. The fraction of sp³-hybridized carbons (Fsp3) is 0.0455. The quantitative estimate of drug-likeness (QED) is 0.532. The number of halogens is 2. The number of aromatic nitrogens is 1.